The van der Waals surface area contributed by atoms with Crippen LogP contribution in [0.1, 0.15) is 5.56 Å². The van der Waals surface area contributed by atoms with Crippen LogP contribution in [0.4, 0.5) is 13.2 Å². The molecule has 0 aliphatic carbocycles. The second-order valence-electron chi connectivity index (χ2n) is 2.68. The Kier molecular flexibility index (Phi) is 3.35. The van der Waals surface area contributed by atoms with Crippen LogP contribution in [0.2, 0.25) is 0 Å². The van der Waals surface area contributed by atoms with Crippen molar-refractivity contribution in [3.63, 3.8) is 0 Å². The van der Waals surface area contributed by atoms with E-state index in [0.717, 1.165) is 5.56 Å². The van der Waals surface area contributed by atoms with Crippen LogP contribution in [-0.2, 0) is 6.54 Å². The molecule has 78 valence electrons. The van der Waals surface area contributed by atoms with Gasteiger partial charge in [-0.1, -0.05) is 0 Å². The van der Waals surface area contributed by atoms with Gasteiger partial charge in [0.1, 0.15) is 5.75 Å². The minimum absolute atomic E-state index is 0.203. The lowest BCUT2D eigenvalue weighted by atomic mass is 10.2. The molecule has 0 aromatic heterocycles. The zero-order valence-corrected chi connectivity index (χ0v) is 7.34. The van der Waals surface area contributed by atoms with Gasteiger partial charge < -0.3 is 10.1 Å². The summed E-state index contributed by atoms with van der Waals surface area (Å²) in [4.78, 5) is 0. The van der Waals surface area contributed by atoms with Crippen molar-refractivity contribution in [1.29, 1.82) is 0 Å². The molecule has 1 aromatic carbocycles. The Morgan fingerprint density at radius 3 is 2.21 bits per heavy atom. The van der Waals surface area contributed by atoms with Crippen LogP contribution in [0.15, 0.2) is 24.3 Å². The fraction of sp³-hybridized carbons (Fsp3) is 0.222. The molecule has 2 N–H and O–H groups in total. The molecule has 0 radical (unpaired) electrons. The summed E-state index contributed by atoms with van der Waals surface area (Å²) in [7, 11) is 3.53. The largest absolute Gasteiger partial charge is 0.573 e. The number of halogens is 3. The summed E-state index contributed by atoms with van der Waals surface area (Å²) in [6.07, 6.45) is -4.63. The van der Waals surface area contributed by atoms with Crippen LogP contribution in [0.3, 0.4) is 0 Å². The van der Waals surface area contributed by atoms with Gasteiger partial charge in [0.05, 0.1) is 6.54 Å². The highest BCUT2D eigenvalue weighted by atomic mass is 19.4. The van der Waals surface area contributed by atoms with E-state index in [-0.39, 0.29) is 5.75 Å². The molecule has 0 fully saturated rings. The van der Waals surface area contributed by atoms with E-state index in [2.05, 4.69) is 11.8 Å². The van der Waals surface area contributed by atoms with Crippen molar-refractivity contribution in [3.8, 4) is 5.75 Å². The first-order valence-corrected chi connectivity index (χ1v) is 3.97. The lowest BCUT2D eigenvalue weighted by Gasteiger charge is -2.08. The molecule has 14 heavy (non-hydrogen) atoms. The van der Waals surface area contributed by atoms with E-state index >= 15 is 0 Å². The topological polar surface area (TPSA) is 25.8 Å². The van der Waals surface area contributed by atoms with Gasteiger partial charge in [-0.2, -0.15) is 7.05 Å². The highest BCUT2D eigenvalue weighted by Crippen LogP contribution is 2.22. The first-order chi connectivity index (χ1) is 6.51. The SMILES string of the molecule is [CH2-][NH2+]Cc1ccc(OC(F)(F)F)cc1. The van der Waals surface area contributed by atoms with Crippen molar-refractivity contribution in [1.82, 2.24) is 0 Å². The number of nitrogens with two attached hydrogens (primary N) is 1. The number of quaternary nitrogens is 1. The van der Waals surface area contributed by atoms with E-state index in [0.29, 0.717) is 6.54 Å². The third-order valence-corrected chi connectivity index (χ3v) is 1.54. The first kappa shape index (κ1) is 10.8. The van der Waals surface area contributed by atoms with Crippen molar-refractivity contribution < 1.29 is 23.2 Å². The molecule has 1 aromatic rings. The quantitative estimate of drug-likeness (QED) is 0.742. The zero-order chi connectivity index (χ0) is 10.6. The summed E-state index contributed by atoms with van der Waals surface area (Å²) < 4.78 is 39.0. The third kappa shape index (κ3) is 3.66. The van der Waals surface area contributed by atoms with Crippen molar-refractivity contribution >= 4 is 0 Å². The molecule has 0 bridgehead atoms. The molecule has 2 nitrogen and oxygen atoms in total. The molecule has 0 saturated heterocycles. The predicted molar refractivity (Wildman–Crippen MR) is 44.1 cm³/mol. The second kappa shape index (κ2) is 4.32. The van der Waals surface area contributed by atoms with E-state index in [9.17, 15) is 13.2 Å². The molecule has 0 unspecified atom stereocenters. The molecule has 0 atom stereocenters. The summed E-state index contributed by atoms with van der Waals surface area (Å²) >= 11 is 0. The number of benzene rings is 1. The van der Waals surface area contributed by atoms with Gasteiger partial charge in [-0.15, -0.1) is 13.2 Å². The molecular weight excluding hydrogens is 195 g/mol. The van der Waals surface area contributed by atoms with Gasteiger partial charge in [0.15, 0.2) is 0 Å². The van der Waals surface area contributed by atoms with E-state index in [4.69, 9.17) is 0 Å². The Morgan fingerprint density at radius 2 is 1.79 bits per heavy atom. The summed E-state index contributed by atoms with van der Waals surface area (Å²) in [5.41, 5.74) is 0.898. The van der Waals surface area contributed by atoms with Gasteiger partial charge in [0, 0.05) is 5.56 Å². The summed E-state index contributed by atoms with van der Waals surface area (Å²) in [5, 5.41) is 1.68. The van der Waals surface area contributed by atoms with Crippen LogP contribution in [0, 0.1) is 7.05 Å². The van der Waals surface area contributed by atoms with Gasteiger partial charge >= 0.3 is 6.36 Å². The standard InChI is InChI=1S/C9H10F3NO/c1-13-6-7-2-4-8(5-3-7)14-9(10,11)12/h2-5H,1,6,13H2. The highest BCUT2D eigenvalue weighted by Gasteiger charge is 2.30. The molecule has 0 heterocycles. The van der Waals surface area contributed by atoms with Gasteiger partial charge in [-0.05, 0) is 24.3 Å². The maximum absolute atomic E-state index is 11.8. The number of rotatable bonds is 3. The van der Waals surface area contributed by atoms with Gasteiger partial charge in [0.25, 0.3) is 0 Å². The number of hydrogen-bond acceptors (Lipinski definition) is 1. The summed E-state index contributed by atoms with van der Waals surface area (Å²) in [6.45, 7) is 0.631. The minimum Gasteiger partial charge on any atom is -0.475 e. The minimum atomic E-state index is -4.63. The lowest BCUT2D eigenvalue weighted by molar-refractivity contribution is -0.612. The van der Waals surface area contributed by atoms with Crippen LogP contribution in [0.25, 0.3) is 0 Å². The van der Waals surface area contributed by atoms with E-state index in [1.165, 1.54) is 12.1 Å². The highest BCUT2D eigenvalue weighted by molar-refractivity contribution is 5.26. The summed E-state index contributed by atoms with van der Waals surface area (Å²) in [6, 6.07) is 5.71. The molecule has 0 amide bonds. The fourth-order valence-electron chi connectivity index (χ4n) is 0.994. The second-order valence-corrected chi connectivity index (χ2v) is 2.68. The molecule has 1 rings (SSSR count). The molecular formula is C9H10F3NO. The normalized spacial score (nSPS) is 11.4. The Labute approximate surface area is 79.7 Å². The fourth-order valence-corrected chi connectivity index (χ4v) is 0.994. The Bertz CT molecular complexity index is 281. The van der Waals surface area contributed by atoms with Crippen molar-refractivity contribution in [3.05, 3.63) is 36.9 Å². The molecule has 0 aliphatic heterocycles. The van der Waals surface area contributed by atoms with E-state index in [1.807, 2.05) is 0 Å². The Hall–Kier alpha value is -1.23. The predicted octanol–water partition coefficient (Wildman–Crippen LogP) is 1.44. The average Bonchev–Trinajstić information content (AvgIpc) is 2.06. The number of hydrogen-bond donors (Lipinski definition) is 1. The molecule has 0 spiro atoms. The van der Waals surface area contributed by atoms with E-state index in [1.54, 1.807) is 17.4 Å². The van der Waals surface area contributed by atoms with Crippen LogP contribution in [0.5, 0.6) is 5.75 Å². The van der Waals surface area contributed by atoms with Gasteiger partial charge in [-0.25, -0.2) is 0 Å². The van der Waals surface area contributed by atoms with Gasteiger partial charge in [-0.3, -0.25) is 0 Å². The molecule has 0 saturated carbocycles. The van der Waals surface area contributed by atoms with E-state index < -0.39 is 6.36 Å². The zero-order valence-electron chi connectivity index (χ0n) is 7.34. The first-order valence-electron chi connectivity index (χ1n) is 3.97. The average molecular weight is 205 g/mol. The number of ether oxygens (including phenoxy) is 1. The molecule has 0 aliphatic rings. The van der Waals surface area contributed by atoms with Crippen LogP contribution in [-0.4, -0.2) is 6.36 Å². The summed E-state index contributed by atoms with van der Waals surface area (Å²) in [5.74, 6) is -0.203. The molecule has 5 heteroatoms. The number of alkyl halides is 3. The maximum Gasteiger partial charge on any atom is 0.573 e. The Morgan fingerprint density at radius 1 is 1.21 bits per heavy atom. The Balaban J connectivity index is 2.64. The van der Waals surface area contributed by atoms with Crippen molar-refractivity contribution in [2.24, 2.45) is 0 Å². The maximum atomic E-state index is 11.8. The lowest BCUT2D eigenvalue weighted by Crippen LogP contribution is -2.74. The van der Waals surface area contributed by atoms with Crippen LogP contribution >= 0.6 is 0 Å². The monoisotopic (exact) mass is 205 g/mol. The smallest absolute Gasteiger partial charge is 0.475 e. The van der Waals surface area contributed by atoms with Crippen molar-refractivity contribution in [2.75, 3.05) is 0 Å². The third-order valence-electron chi connectivity index (χ3n) is 1.54. The van der Waals surface area contributed by atoms with Crippen molar-refractivity contribution in [2.45, 2.75) is 12.9 Å². The van der Waals surface area contributed by atoms with Gasteiger partial charge in [0.2, 0.25) is 0 Å². The van der Waals surface area contributed by atoms with Crippen LogP contribution < -0.4 is 10.1 Å².